The molecule has 1 N–H and O–H groups in total. The molecule has 0 radical (unpaired) electrons. The largest absolute Gasteiger partial charge is 0.542 e. The number of unbranched alkanes of at least 4 members (excludes halogenated alkanes) is 1. The van der Waals surface area contributed by atoms with Gasteiger partial charge < -0.3 is 24.2 Å². The Morgan fingerprint density at radius 2 is 1.59 bits per heavy atom. The number of sulfonamides is 1. The van der Waals surface area contributed by atoms with Crippen molar-refractivity contribution >= 4 is 45.3 Å². The second kappa shape index (κ2) is 19.2. The van der Waals surface area contributed by atoms with E-state index in [0.29, 0.717) is 61.1 Å². The van der Waals surface area contributed by atoms with Crippen LogP contribution < -0.4 is 9.84 Å². The molecule has 4 aromatic rings. The van der Waals surface area contributed by atoms with Gasteiger partial charge in [0.1, 0.15) is 35.2 Å². The molecule has 0 aliphatic rings. The molecule has 3 aromatic carbocycles. The number of halogens is 7. The Labute approximate surface area is 341 Å². The summed E-state index contributed by atoms with van der Waals surface area (Å²) in [7, 11) is 4.02. The van der Waals surface area contributed by atoms with Gasteiger partial charge in [-0.25, -0.2) is 26.6 Å². The molecule has 1 atom stereocenters. The molecule has 0 fully saturated rings. The summed E-state index contributed by atoms with van der Waals surface area (Å²) in [4.78, 5) is 24.7. The van der Waals surface area contributed by atoms with E-state index in [1.807, 2.05) is 41.1 Å². The summed E-state index contributed by atoms with van der Waals surface area (Å²) in [6, 6.07) is 11.1. The van der Waals surface area contributed by atoms with E-state index in [2.05, 4.69) is 4.98 Å². The highest BCUT2D eigenvalue weighted by atomic mass is 35.5. The van der Waals surface area contributed by atoms with Crippen molar-refractivity contribution in [2.45, 2.75) is 66.5 Å². The molecule has 20 heteroatoms. The smallest absolute Gasteiger partial charge is 0.430 e. The van der Waals surface area contributed by atoms with Crippen molar-refractivity contribution in [3.05, 3.63) is 100 Å². The second-order valence-corrected chi connectivity index (χ2v) is 17.9. The molecule has 318 valence electrons. The number of carbonyl (C=O) groups is 2. The van der Waals surface area contributed by atoms with Gasteiger partial charge in [0, 0.05) is 29.5 Å². The Morgan fingerprint density at radius 1 is 1.02 bits per heavy atom. The van der Waals surface area contributed by atoms with Crippen molar-refractivity contribution in [2.75, 3.05) is 41.8 Å². The minimum absolute atomic E-state index is 0.0375. The Hall–Kier alpha value is -4.30. The number of ether oxygens (including phenoxy) is 1. The van der Waals surface area contributed by atoms with Crippen LogP contribution in [0.2, 0.25) is 5.02 Å². The van der Waals surface area contributed by atoms with E-state index in [1.165, 1.54) is 19.2 Å². The fraction of sp³-hybridized carbons (Fsp3) is 0.395. The maximum atomic E-state index is 15.6. The normalized spacial score (nSPS) is 12.9. The van der Waals surface area contributed by atoms with Gasteiger partial charge >= 0.3 is 12.1 Å². The van der Waals surface area contributed by atoms with Crippen molar-refractivity contribution in [3.8, 4) is 11.4 Å². The summed E-state index contributed by atoms with van der Waals surface area (Å²) >= 11 is 7.28. The third kappa shape index (κ3) is 12.1. The number of nitrogens with zero attached hydrogens (tertiary/aromatic N) is 4. The fourth-order valence-corrected chi connectivity index (χ4v) is 8.21. The third-order valence-electron chi connectivity index (χ3n) is 8.98. The first-order valence-corrected chi connectivity index (χ1v) is 20.1. The van der Waals surface area contributed by atoms with E-state index in [-0.39, 0.29) is 12.2 Å². The maximum absolute atomic E-state index is 15.6. The molecular weight excluding hydrogens is 838 g/mol. The first kappa shape index (κ1) is 48.1. The monoisotopic (exact) mass is 880 g/mol. The van der Waals surface area contributed by atoms with Crippen LogP contribution in [-0.4, -0.2) is 97.9 Å². The summed E-state index contributed by atoms with van der Waals surface area (Å²) in [5.74, 6) is -6.83. The third-order valence-corrected chi connectivity index (χ3v) is 12.1. The lowest BCUT2D eigenvalue weighted by Crippen LogP contribution is -2.42. The van der Waals surface area contributed by atoms with Gasteiger partial charge in [0.15, 0.2) is 5.16 Å². The number of methoxy groups -OCH3 is 1. The number of carbonyl (C=O) groups excluding carboxylic acids is 1. The van der Waals surface area contributed by atoms with E-state index in [0.717, 1.165) is 30.9 Å². The molecule has 0 saturated heterocycles. The number of carboxylic acids is 2. The molecule has 0 aliphatic carbocycles. The average Bonchev–Trinajstić information content (AvgIpc) is 3.55. The van der Waals surface area contributed by atoms with Gasteiger partial charge in [0.2, 0.25) is 10.0 Å². The topological polar surface area (TPSA) is 142 Å². The summed E-state index contributed by atoms with van der Waals surface area (Å²) in [5, 5.41) is 19.4. The van der Waals surface area contributed by atoms with Gasteiger partial charge in [0.25, 0.3) is 0 Å². The molecule has 0 aliphatic heterocycles. The molecule has 0 saturated carbocycles. The molecule has 11 nitrogen and oxygen atoms in total. The number of rotatable bonds is 16. The van der Waals surface area contributed by atoms with E-state index in [4.69, 9.17) is 26.2 Å². The predicted octanol–water partition coefficient (Wildman–Crippen LogP) is 6.82. The number of alkyl halides is 3. The minimum atomic E-state index is -5.19. The number of thioether (sulfide) groups is 1. The van der Waals surface area contributed by atoms with Crippen molar-refractivity contribution < 1.29 is 63.8 Å². The van der Waals surface area contributed by atoms with Gasteiger partial charge in [-0.15, -0.1) is 0 Å². The highest BCUT2D eigenvalue weighted by Gasteiger charge is 2.35. The van der Waals surface area contributed by atoms with Crippen LogP contribution in [0, 0.1) is 17.5 Å². The second-order valence-electron chi connectivity index (χ2n) is 14.5. The van der Waals surface area contributed by atoms with Gasteiger partial charge in [-0.3, -0.25) is 9.36 Å². The number of hydrogen-bond donors (Lipinski definition) is 1. The van der Waals surface area contributed by atoms with Crippen LogP contribution >= 0.6 is 23.4 Å². The summed E-state index contributed by atoms with van der Waals surface area (Å²) in [6.07, 6.45) is -2.40. The maximum Gasteiger partial charge on any atom is 0.430 e. The Kier molecular flexibility index (Phi) is 15.9. The van der Waals surface area contributed by atoms with Crippen LogP contribution in [0.4, 0.5) is 26.3 Å². The number of benzene rings is 3. The number of aliphatic carboxylic acids is 2. The molecule has 1 aromatic heterocycles. The number of likely N-dealkylation sites (N-methyl/N-ethyl adjacent to an activating group) is 1. The summed E-state index contributed by atoms with van der Waals surface area (Å²) in [5.41, 5.74) is 0.953. The number of carboxylic acid groups (broad SMARTS) is 2. The van der Waals surface area contributed by atoms with Crippen LogP contribution in [0.1, 0.15) is 49.9 Å². The van der Waals surface area contributed by atoms with Crippen LogP contribution in [0.15, 0.2) is 70.8 Å². The van der Waals surface area contributed by atoms with Gasteiger partial charge in [-0.05, 0) is 73.4 Å². The van der Waals surface area contributed by atoms with Crippen molar-refractivity contribution in [3.63, 3.8) is 0 Å². The van der Waals surface area contributed by atoms with Crippen LogP contribution in [0.5, 0.6) is 5.75 Å². The van der Waals surface area contributed by atoms with Gasteiger partial charge in [-0.2, -0.15) is 17.5 Å². The number of hydrogen-bond acceptors (Lipinski definition) is 8. The lowest BCUT2D eigenvalue weighted by Gasteiger charge is -2.28. The lowest BCUT2D eigenvalue weighted by atomic mass is 9.81. The molecule has 0 bridgehead atoms. The molecule has 1 heterocycles. The number of quaternary nitrogens is 1. The zero-order chi connectivity index (χ0) is 44.0. The molecular formula is C38H43ClF6N4O7S2. The fourth-order valence-electron chi connectivity index (χ4n) is 5.64. The Morgan fingerprint density at radius 3 is 2.09 bits per heavy atom. The first-order chi connectivity index (χ1) is 26.7. The predicted molar refractivity (Wildman–Crippen MR) is 204 cm³/mol. The zero-order valence-corrected chi connectivity index (χ0v) is 34.9. The first-order valence-electron chi connectivity index (χ1n) is 17.3. The Bertz CT molecular complexity index is 2170. The minimum Gasteiger partial charge on any atom is -0.542 e. The highest BCUT2D eigenvalue weighted by Crippen LogP contribution is 2.39. The van der Waals surface area contributed by atoms with E-state index in [1.54, 1.807) is 35.0 Å². The standard InChI is InChI=1S/C36H42ClF3N4O5S2.C2HF3O2/c1-36(2,23-11-16-28(37)32(18-23)49-7)33-21-41-35(43(33)25-14-12-24(38)13-15-25)50-22-27-29(39)19-26(20-30(27)40)51(47,48)42(3)31(34(45)46)10-8-9-17-44(4,5)6;3-2(4,5)1(6)7/h11-16,18-21,31H,8-10,17,22H2,1-7H3;(H,6,7)/t31-;/m0./s1. The van der Waals surface area contributed by atoms with E-state index < -0.39 is 67.5 Å². The van der Waals surface area contributed by atoms with E-state index in [9.17, 15) is 35.9 Å². The quantitative estimate of drug-likeness (QED) is 0.0556. The van der Waals surface area contributed by atoms with Crippen molar-refractivity contribution in [2.24, 2.45) is 0 Å². The van der Waals surface area contributed by atoms with Crippen LogP contribution in [0.3, 0.4) is 0 Å². The Balaban J connectivity index is 0.00000117. The SMILES string of the molecule is COc1cc(C(C)(C)c2cnc(SCc3c(F)cc(S(=O)(=O)N(C)[C@@H](CCCC[N+](C)(C)C)C(=O)O)cc3F)n2-c2ccc(F)cc2)ccc1Cl.O=C([O-])C(F)(F)F. The number of imidazole rings is 1. The lowest BCUT2D eigenvalue weighted by molar-refractivity contribution is -0.870. The van der Waals surface area contributed by atoms with Crippen molar-refractivity contribution in [1.29, 1.82) is 0 Å². The van der Waals surface area contributed by atoms with E-state index >= 15 is 8.78 Å². The number of aromatic nitrogens is 2. The molecule has 58 heavy (non-hydrogen) atoms. The van der Waals surface area contributed by atoms with Crippen molar-refractivity contribution in [1.82, 2.24) is 13.9 Å². The zero-order valence-electron chi connectivity index (χ0n) is 32.5. The molecule has 4 rings (SSSR count). The van der Waals surface area contributed by atoms with Gasteiger partial charge in [-0.1, -0.05) is 43.3 Å². The molecule has 0 spiro atoms. The molecule has 0 unspecified atom stereocenters. The molecule has 0 amide bonds. The summed E-state index contributed by atoms with van der Waals surface area (Å²) in [6.45, 7) is 4.67. The highest BCUT2D eigenvalue weighted by molar-refractivity contribution is 7.98. The van der Waals surface area contributed by atoms with Gasteiger partial charge in [0.05, 0.1) is 56.6 Å². The summed E-state index contributed by atoms with van der Waals surface area (Å²) < 4.78 is 112. The van der Waals surface area contributed by atoms with Crippen LogP contribution in [0.25, 0.3) is 5.69 Å². The van der Waals surface area contributed by atoms with Crippen LogP contribution in [-0.2, 0) is 30.8 Å². The average molecular weight is 881 g/mol.